The monoisotopic (exact) mass is 608 g/mol. The molecule has 2 fully saturated rings. The zero-order chi connectivity index (χ0) is 27.1. The fourth-order valence-corrected chi connectivity index (χ4v) is 11.4. The van der Waals surface area contributed by atoms with E-state index in [1.807, 2.05) is 0 Å². The molecule has 0 saturated heterocycles. The van der Waals surface area contributed by atoms with Gasteiger partial charge in [-0.1, -0.05) is 128 Å². The molecule has 6 rings (SSSR count). The number of benzene rings is 4. The van der Waals surface area contributed by atoms with E-state index in [2.05, 4.69) is 173 Å². The Labute approximate surface area is 261 Å². The van der Waals surface area contributed by atoms with Crippen LogP contribution in [0, 0.1) is 68.4 Å². The Balaban J connectivity index is 0.00000337. The van der Waals surface area contributed by atoms with E-state index in [1.54, 1.807) is 0 Å². The van der Waals surface area contributed by atoms with Crippen molar-refractivity contribution in [3.8, 4) is 0 Å². The van der Waals surface area contributed by atoms with Crippen molar-refractivity contribution in [2.45, 2.75) is 19.0 Å². The Bertz CT molecular complexity index is 1210. The quantitative estimate of drug-likeness (QED) is 0.127. The topological polar surface area (TPSA) is 0 Å². The van der Waals surface area contributed by atoms with Crippen molar-refractivity contribution in [1.29, 1.82) is 0 Å². The predicted octanol–water partition coefficient (Wildman–Crippen LogP) is 7.78. The second-order valence-corrected chi connectivity index (χ2v) is 14.9. The molecule has 0 nitrogen and oxygen atoms in total. The summed E-state index contributed by atoms with van der Waals surface area (Å²) in [6.07, 6.45) is 17.2. The summed E-state index contributed by atoms with van der Waals surface area (Å²) in [6.45, 7) is 2.41. The van der Waals surface area contributed by atoms with Crippen molar-refractivity contribution in [2.75, 3.05) is 0 Å². The fraction of sp³-hybridized carbons (Fsp3) is 0.105. The zero-order valence-corrected chi connectivity index (χ0v) is 26.1. The van der Waals surface area contributed by atoms with E-state index < -0.39 is 15.8 Å². The summed E-state index contributed by atoms with van der Waals surface area (Å²) in [5, 5.41) is 5.70. The van der Waals surface area contributed by atoms with E-state index in [0.717, 1.165) is 6.42 Å². The Morgan fingerprint density at radius 2 is 0.951 bits per heavy atom. The van der Waals surface area contributed by atoms with Gasteiger partial charge in [-0.15, -0.1) is 0 Å². The van der Waals surface area contributed by atoms with Crippen molar-refractivity contribution >= 4 is 37.1 Å². The Morgan fingerprint density at radius 1 is 0.512 bits per heavy atom. The molecule has 2 aliphatic carbocycles. The van der Waals surface area contributed by atoms with Crippen LogP contribution in [0.5, 0.6) is 0 Å². The second kappa shape index (κ2) is 15.1. The van der Waals surface area contributed by atoms with Crippen LogP contribution in [0.1, 0.15) is 13.3 Å². The molecule has 10 radical (unpaired) electrons. The third kappa shape index (κ3) is 7.26. The molecule has 0 bridgehead atoms. The van der Waals surface area contributed by atoms with Gasteiger partial charge in [0.05, 0.1) is 0 Å². The van der Waals surface area contributed by atoms with Gasteiger partial charge in [0, 0.05) is 5.66 Å². The predicted molar refractivity (Wildman–Crippen MR) is 176 cm³/mol. The van der Waals surface area contributed by atoms with Gasteiger partial charge in [0.15, 0.2) is 0 Å². The zero-order valence-electron chi connectivity index (χ0n) is 23.2. The first-order valence-electron chi connectivity index (χ1n) is 14.1. The van der Waals surface area contributed by atoms with E-state index in [1.165, 1.54) is 38.7 Å². The molecule has 4 aromatic carbocycles. The average Bonchev–Trinajstić information content (AvgIpc) is 3.73. The molecule has 202 valence electrons. The van der Waals surface area contributed by atoms with Crippen molar-refractivity contribution < 1.29 is 17.1 Å². The minimum Gasteiger partial charge on any atom is -0.0622 e. The van der Waals surface area contributed by atoms with E-state index in [0.29, 0.717) is 11.6 Å². The number of rotatable bonds is 10. The van der Waals surface area contributed by atoms with Gasteiger partial charge < -0.3 is 0 Å². The number of hydrogen-bond donors (Lipinski definition) is 0. The molecular weight excluding hydrogens is 574 g/mol. The van der Waals surface area contributed by atoms with Gasteiger partial charge in [-0.25, -0.2) is 0 Å². The van der Waals surface area contributed by atoms with E-state index in [-0.39, 0.29) is 17.1 Å². The third-order valence-corrected chi connectivity index (χ3v) is 13.0. The summed E-state index contributed by atoms with van der Waals surface area (Å²) in [5.74, 6) is 3.40. The van der Waals surface area contributed by atoms with Gasteiger partial charge in [-0.2, -0.15) is 0 Å². The minimum atomic E-state index is -0.684. The van der Waals surface area contributed by atoms with Gasteiger partial charge in [0.25, 0.3) is 0 Å². The molecule has 0 N–H and O–H groups in total. The van der Waals surface area contributed by atoms with Gasteiger partial charge >= 0.3 is 17.1 Å². The minimum absolute atomic E-state index is 0. The van der Waals surface area contributed by atoms with Crippen LogP contribution in [-0.4, -0.2) is 5.66 Å². The van der Waals surface area contributed by atoms with E-state index >= 15 is 0 Å². The molecule has 0 unspecified atom stereocenters. The molecule has 0 aromatic heterocycles. The van der Waals surface area contributed by atoms with Gasteiger partial charge in [0.2, 0.25) is 0 Å². The van der Waals surface area contributed by atoms with E-state index in [9.17, 15) is 0 Å². The van der Waals surface area contributed by atoms with Crippen LogP contribution in [0.4, 0.5) is 0 Å². The molecule has 0 amide bonds. The third-order valence-electron chi connectivity index (χ3n) is 7.67. The van der Waals surface area contributed by atoms with Gasteiger partial charge in [-0.3, -0.25) is 0 Å². The molecular formula is C38H34FeP2+2. The van der Waals surface area contributed by atoms with Crippen molar-refractivity contribution in [3.05, 3.63) is 184 Å². The maximum atomic E-state index is 2.43. The molecule has 2 aliphatic rings. The standard InChI is InChI=1S/C38H34P2.Fe/c1-30(31-17-14-15-18-31)29-38(40(34-23-10-4-11-24-34)35-25-12-5-13-26-35)36-27-16-28-37(36)39(32-19-6-2-7-20-32)33-21-8-3-9-22-33;/h2-28,30,38H,29H2,1H3;/q;+2/t30-,38-;/m0./s1. The van der Waals surface area contributed by atoms with Crippen LogP contribution >= 0.6 is 15.8 Å². The van der Waals surface area contributed by atoms with Crippen LogP contribution in [-0.2, 0) is 17.1 Å². The fourth-order valence-electron chi connectivity index (χ4n) is 5.74. The average molecular weight is 608 g/mol. The van der Waals surface area contributed by atoms with Crippen molar-refractivity contribution in [3.63, 3.8) is 0 Å². The molecule has 4 aromatic rings. The summed E-state index contributed by atoms with van der Waals surface area (Å²) >= 11 is 0. The molecule has 2 saturated carbocycles. The smallest absolute Gasteiger partial charge is 0.0622 e. The summed E-state index contributed by atoms with van der Waals surface area (Å²) in [6, 6.07) is 44.7. The SMILES string of the molecule is C[C@@H](C[C@@H]([C]1[CH][CH][CH][C]1P(c1ccccc1)c1ccccc1)P(c1ccccc1)c1ccccc1)[C]1[CH][CH][CH][CH]1.[Fe+2]. The van der Waals surface area contributed by atoms with Crippen LogP contribution in [0.15, 0.2) is 121 Å². The largest absolute Gasteiger partial charge is 2.00 e. The maximum absolute atomic E-state index is 2.43. The van der Waals surface area contributed by atoms with Gasteiger partial charge in [0.1, 0.15) is 0 Å². The van der Waals surface area contributed by atoms with Crippen LogP contribution < -0.4 is 21.2 Å². The summed E-state index contributed by atoms with van der Waals surface area (Å²) in [5.41, 5.74) is 1.87. The van der Waals surface area contributed by atoms with Crippen molar-refractivity contribution in [1.82, 2.24) is 0 Å². The molecule has 2 atom stereocenters. The van der Waals surface area contributed by atoms with Crippen LogP contribution in [0.25, 0.3) is 0 Å². The Morgan fingerprint density at radius 3 is 1.41 bits per heavy atom. The van der Waals surface area contributed by atoms with Crippen LogP contribution in [0.2, 0.25) is 0 Å². The normalized spacial score (nSPS) is 18.0. The second-order valence-electron chi connectivity index (χ2n) is 10.3. The Hall–Kier alpha value is -1.74. The summed E-state index contributed by atoms with van der Waals surface area (Å²) in [7, 11) is -1.33. The molecule has 3 heteroatoms. The molecule has 0 aliphatic heterocycles. The summed E-state index contributed by atoms with van der Waals surface area (Å²) < 4.78 is 0. The first-order chi connectivity index (χ1) is 19.8. The van der Waals surface area contributed by atoms with E-state index in [4.69, 9.17) is 0 Å². The first-order valence-corrected chi connectivity index (χ1v) is 16.8. The Kier molecular flexibility index (Phi) is 11.3. The summed E-state index contributed by atoms with van der Waals surface area (Å²) in [4.78, 5) is 0. The number of hydrogen-bond acceptors (Lipinski definition) is 0. The molecule has 0 heterocycles. The van der Waals surface area contributed by atoms with Crippen LogP contribution in [0.3, 0.4) is 0 Å². The maximum Gasteiger partial charge on any atom is 2.00 e. The molecule has 41 heavy (non-hydrogen) atoms. The van der Waals surface area contributed by atoms with Gasteiger partial charge in [-0.05, 0) is 112 Å². The van der Waals surface area contributed by atoms with Crippen molar-refractivity contribution in [2.24, 2.45) is 5.92 Å². The first kappa shape index (κ1) is 30.7. The molecule has 0 spiro atoms.